The van der Waals surface area contributed by atoms with Crippen molar-refractivity contribution in [2.75, 3.05) is 37.8 Å². The molecule has 1 N–H and O–H groups in total. The van der Waals surface area contributed by atoms with E-state index in [1.165, 1.54) is 19.3 Å². The summed E-state index contributed by atoms with van der Waals surface area (Å²) in [5.41, 5.74) is 0.348. The number of aliphatic hydroxyl groups is 1. The van der Waals surface area contributed by atoms with Crippen LogP contribution in [0, 0.1) is 0 Å². The van der Waals surface area contributed by atoms with Crippen LogP contribution in [0.1, 0.15) is 38.0 Å². The molecular weight excluding hydrogens is 320 g/mol. The Bertz CT molecular complexity index is 689. The third kappa shape index (κ3) is 3.26. The first kappa shape index (κ1) is 16.5. The summed E-state index contributed by atoms with van der Waals surface area (Å²) in [6, 6.07) is 4.01. The highest BCUT2D eigenvalue weighted by Crippen LogP contribution is 2.34. The minimum atomic E-state index is -0.481. The molecule has 7 nitrogen and oxygen atoms in total. The number of pyridine rings is 1. The predicted octanol–water partition coefficient (Wildman–Crippen LogP) is 2.16. The van der Waals surface area contributed by atoms with Gasteiger partial charge in [0.15, 0.2) is 0 Å². The zero-order chi connectivity index (χ0) is 17.1. The van der Waals surface area contributed by atoms with Crippen LogP contribution >= 0.6 is 0 Å². The molecule has 0 aliphatic carbocycles. The number of hydrogen-bond acceptors (Lipinski definition) is 7. The Hall–Kier alpha value is -1.99. The van der Waals surface area contributed by atoms with E-state index >= 15 is 0 Å². The summed E-state index contributed by atoms with van der Waals surface area (Å²) in [5, 5.41) is 14.0. The summed E-state index contributed by atoms with van der Waals surface area (Å²) in [5.74, 6) is 2.02. The van der Waals surface area contributed by atoms with Gasteiger partial charge in [-0.25, -0.2) is 4.98 Å². The third-order valence-corrected chi connectivity index (χ3v) is 5.32. The maximum absolute atomic E-state index is 9.85. The van der Waals surface area contributed by atoms with Gasteiger partial charge in [0.1, 0.15) is 5.82 Å². The molecule has 0 bridgehead atoms. The monoisotopic (exact) mass is 344 g/mol. The van der Waals surface area contributed by atoms with Gasteiger partial charge < -0.3 is 19.3 Å². The van der Waals surface area contributed by atoms with Crippen molar-refractivity contribution in [3.63, 3.8) is 0 Å². The third-order valence-electron chi connectivity index (χ3n) is 5.32. The lowest BCUT2D eigenvalue weighted by atomic mass is 9.81. The first-order chi connectivity index (χ1) is 12.3. The highest BCUT2D eigenvalue weighted by Gasteiger charge is 2.39. The first-order valence-corrected chi connectivity index (χ1v) is 9.05. The molecular formula is C18H24N4O3. The fourth-order valence-electron chi connectivity index (χ4n) is 3.59. The molecule has 2 aliphatic heterocycles. The second-order valence-corrected chi connectivity index (χ2v) is 6.93. The average Bonchev–Trinajstić information content (AvgIpc) is 3.20. The number of piperidine rings is 1. The van der Waals surface area contributed by atoms with Crippen LogP contribution in [0.4, 0.5) is 5.82 Å². The average molecular weight is 344 g/mol. The van der Waals surface area contributed by atoms with Crippen molar-refractivity contribution < 1.29 is 14.4 Å². The van der Waals surface area contributed by atoms with Crippen LogP contribution in [-0.4, -0.2) is 53.1 Å². The fourth-order valence-corrected chi connectivity index (χ4v) is 3.59. The molecule has 0 spiro atoms. The molecule has 0 radical (unpaired) electrons. The largest absolute Gasteiger partial charge is 0.395 e. The van der Waals surface area contributed by atoms with Gasteiger partial charge in [-0.2, -0.15) is 4.98 Å². The van der Waals surface area contributed by atoms with Gasteiger partial charge in [-0.15, -0.1) is 0 Å². The van der Waals surface area contributed by atoms with Crippen LogP contribution in [0.3, 0.4) is 0 Å². The molecule has 2 saturated heterocycles. The number of nitrogens with zero attached hydrogens (tertiary/aromatic N) is 4. The van der Waals surface area contributed by atoms with Crippen LogP contribution < -0.4 is 4.90 Å². The second-order valence-electron chi connectivity index (χ2n) is 6.93. The van der Waals surface area contributed by atoms with Gasteiger partial charge in [0.2, 0.25) is 11.7 Å². The van der Waals surface area contributed by atoms with Crippen LogP contribution in [-0.2, 0) is 10.2 Å². The SMILES string of the molecule is OCC1(c2nc(-c3ccc(N4CCCCC4)nc3)no2)CCOCC1. The van der Waals surface area contributed by atoms with E-state index in [2.05, 4.69) is 20.0 Å². The Labute approximate surface area is 147 Å². The zero-order valence-electron chi connectivity index (χ0n) is 14.4. The van der Waals surface area contributed by atoms with E-state index < -0.39 is 5.41 Å². The zero-order valence-corrected chi connectivity index (χ0v) is 14.4. The Morgan fingerprint density at radius 2 is 1.92 bits per heavy atom. The Morgan fingerprint density at radius 1 is 1.12 bits per heavy atom. The van der Waals surface area contributed by atoms with Crippen molar-refractivity contribution in [1.29, 1.82) is 0 Å². The minimum Gasteiger partial charge on any atom is -0.395 e. The van der Waals surface area contributed by atoms with E-state index in [4.69, 9.17) is 9.26 Å². The molecule has 7 heteroatoms. The molecule has 2 aromatic rings. The maximum Gasteiger partial charge on any atom is 0.235 e. The van der Waals surface area contributed by atoms with Gasteiger partial charge in [0, 0.05) is 38.1 Å². The quantitative estimate of drug-likeness (QED) is 0.910. The van der Waals surface area contributed by atoms with Crippen molar-refractivity contribution in [3.05, 3.63) is 24.2 Å². The van der Waals surface area contributed by atoms with Gasteiger partial charge in [-0.1, -0.05) is 5.16 Å². The molecule has 4 rings (SSSR count). The van der Waals surface area contributed by atoms with E-state index in [0.29, 0.717) is 37.8 Å². The molecule has 0 atom stereocenters. The number of aliphatic hydroxyl groups excluding tert-OH is 1. The molecule has 0 saturated carbocycles. The smallest absolute Gasteiger partial charge is 0.235 e. The molecule has 2 fully saturated rings. The molecule has 0 aromatic carbocycles. The molecule has 4 heterocycles. The van der Waals surface area contributed by atoms with Crippen LogP contribution in [0.2, 0.25) is 0 Å². The summed E-state index contributed by atoms with van der Waals surface area (Å²) in [6.07, 6.45) is 6.94. The highest BCUT2D eigenvalue weighted by molar-refractivity contribution is 5.56. The molecule has 0 amide bonds. The molecule has 134 valence electrons. The van der Waals surface area contributed by atoms with E-state index in [0.717, 1.165) is 24.5 Å². The Morgan fingerprint density at radius 3 is 2.60 bits per heavy atom. The van der Waals surface area contributed by atoms with Gasteiger partial charge in [-0.3, -0.25) is 0 Å². The standard InChI is InChI=1S/C18H24N4O3/c23-13-18(6-10-24-11-7-18)17-20-16(21-25-17)14-4-5-15(19-12-14)22-8-2-1-3-9-22/h4-5,12,23H,1-3,6-11,13H2. The predicted molar refractivity (Wildman–Crippen MR) is 92.4 cm³/mol. The molecule has 25 heavy (non-hydrogen) atoms. The van der Waals surface area contributed by atoms with E-state index in [-0.39, 0.29) is 6.61 Å². The summed E-state index contributed by atoms with van der Waals surface area (Å²) in [4.78, 5) is 11.4. The van der Waals surface area contributed by atoms with Crippen molar-refractivity contribution in [2.24, 2.45) is 0 Å². The number of aromatic nitrogens is 3. The highest BCUT2D eigenvalue weighted by atomic mass is 16.5. The summed E-state index contributed by atoms with van der Waals surface area (Å²) in [6.45, 7) is 3.33. The summed E-state index contributed by atoms with van der Waals surface area (Å²) >= 11 is 0. The lowest BCUT2D eigenvalue weighted by molar-refractivity contribution is 0.0116. The number of ether oxygens (including phenoxy) is 1. The molecule has 2 aliphatic rings. The topological polar surface area (TPSA) is 84.5 Å². The number of rotatable bonds is 4. The van der Waals surface area contributed by atoms with Crippen molar-refractivity contribution in [1.82, 2.24) is 15.1 Å². The summed E-state index contributed by atoms with van der Waals surface area (Å²) in [7, 11) is 0. The number of hydrogen-bond donors (Lipinski definition) is 1. The molecule has 2 aromatic heterocycles. The van der Waals surface area contributed by atoms with Crippen molar-refractivity contribution >= 4 is 5.82 Å². The maximum atomic E-state index is 9.85. The van der Waals surface area contributed by atoms with Crippen LogP contribution in [0.25, 0.3) is 11.4 Å². The minimum absolute atomic E-state index is 0.00978. The second kappa shape index (κ2) is 7.09. The normalized spacial score (nSPS) is 20.6. The first-order valence-electron chi connectivity index (χ1n) is 9.05. The van der Waals surface area contributed by atoms with Gasteiger partial charge in [0.25, 0.3) is 0 Å². The van der Waals surface area contributed by atoms with Crippen LogP contribution in [0.5, 0.6) is 0 Å². The fraction of sp³-hybridized carbons (Fsp3) is 0.611. The van der Waals surface area contributed by atoms with Crippen molar-refractivity contribution in [3.8, 4) is 11.4 Å². The Kier molecular flexibility index (Phi) is 4.67. The summed E-state index contributed by atoms with van der Waals surface area (Å²) < 4.78 is 10.9. The lowest BCUT2D eigenvalue weighted by Gasteiger charge is -2.31. The van der Waals surface area contributed by atoms with E-state index in [9.17, 15) is 5.11 Å². The lowest BCUT2D eigenvalue weighted by Crippen LogP contribution is -2.37. The number of anilines is 1. The Balaban J connectivity index is 1.53. The van der Waals surface area contributed by atoms with Gasteiger partial charge in [-0.05, 0) is 44.2 Å². The van der Waals surface area contributed by atoms with E-state index in [1.54, 1.807) is 6.20 Å². The van der Waals surface area contributed by atoms with Crippen molar-refractivity contribution in [2.45, 2.75) is 37.5 Å². The van der Waals surface area contributed by atoms with Crippen LogP contribution in [0.15, 0.2) is 22.9 Å². The van der Waals surface area contributed by atoms with E-state index in [1.807, 2.05) is 12.1 Å². The van der Waals surface area contributed by atoms with Gasteiger partial charge in [0.05, 0.1) is 12.0 Å². The van der Waals surface area contributed by atoms with Gasteiger partial charge >= 0.3 is 0 Å². The molecule has 0 unspecified atom stereocenters.